The lowest BCUT2D eigenvalue weighted by Crippen LogP contribution is -2.42. The van der Waals surface area contributed by atoms with Crippen molar-refractivity contribution in [2.75, 3.05) is 79.0 Å². The molecular formula is C14H36N6. The molecule has 0 saturated carbocycles. The van der Waals surface area contributed by atoms with E-state index in [9.17, 15) is 0 Å². The minimum Gasteiger partial charge on any atom is -0.329 e. The van der Waals surface area contributed by atoms with Crippen LogP contribution in [0.5, 0.6) is 0 Å². The summed E-state index contributed by atoms with van der Waals surface area (Å²) in [5.74, 6) is 0. The fraction of sp³-hybridized carbons (Fsp3) is 1.00. The van der Waals surface area contributed by atoms with Gasteiger partial charge in [0.2, 0.25) is 0 Å². The molecule has 0 aliphatic carbocycles. The number of nitrogens with two attached hydrogens (primary N) is 2. The van der Waals surface area contributed by atoms with E-state index in [0.29, 0.717) is 6.54 Å². The lowest BCUT2D eigenvalue weighted by Gasteiger charge is -2.27. The van der Waals surface area contributed by atoms with E-state index in [-0.39, 0.29) is 0 Å². The Morgan fingerprint density at radius 2 is 1.40 bits per heavy atom. The SMILES string of the molecule is CCCN(CCNCCN)CCN(CCN)CCNC. The Kier molecular flexibility index (Phi) is 15.0. The Morgan fingerprint density at radius 3 is 1.95 bits per heavy atom. The molecule has 0 bridgehead atoms. The predicted octanol–water partition coefficient (Wildman–Crippen LogP) is -1.27. The third-order valence-electron chi connectivity index (χ3n) is 3.32. The van der Waals surface area contributed by atoms with Crippen LogP contribution in [-0.2, 0) is 0 Å². The van der Waals surface area contributed by atoms with E-state index in [1.807, 2.05) is 7.05 Å². The van der Waals surface area contributed by atoms with E-state index in [2.05, 4.69) is 27.4 Å². The minimum atomic E-state index is 0.710. The highest BCUT2D eigenvalue weighted by Gasteiger charge is 2.07. The normalized spacial score (nSPS) is 11.7. The van der Waals surface area contributed by atoms with E-state index >= 15 is 0 Å². The zero-order valence-electron chi connectivity index (χ0n) is 13.5. The molecule has 0 aromatic carbocycles. The molecule has 0 aromatic heterocycles. The van der Waals surface area contributed by atoms with Crippen molar-refractivity contribution in [3.63, 3.8) is 0 Å². The molecule has 0 unspecified atom stereocenters. The Hall–Kier alpha value is -0.240. The fourth-order valence-electron chi connectivity index (χ4n) is 2.19. The van der Waals surface area contributed by atoms with Gasteiger partial charge in [-0.05, 0) is 20.0 Å². The smallest absolute Gasteiger partial charge is 0.0110 e. The minimum absolute atomic E-state index is 0.710. The molecule has 0 spiro atoms. The zero-order chi connectivity index (χ0) is 15.1. The van der Waals surface area contributed by atoms with Gasteiger partial charge in [-0.3, -0.25) is 4.90 Å². The molecule has 0 amide bonds. The molecule has 20 heavy (non-hydrogen) atoms. The predicted molar refractivity (Wildman–Crippen MR) is 88.1 cm³/mol. The van der Waals surface area contributed by atoms with Gasteiger partial charge in [-0.1, -0.05) is 6.92 Å². The van der Waals surface area contributed by atoms with Gasteiger partial charge in [-0.2, -0.15) is 0 Å². The first-order chi connectivity index (χ1) is 9.78. The Labute approximate surface area is 125 Å². The summed E-state index contributed by atoms with van der Waals surface area (Å²) >= 11 is 0. The quantitative estimate of drug-likeness (QED) is 0.281. The van der Waals surface area contributed by atoms with Crippen molar-refractivity contribution in [2.45, 2.75) is 13.3 Å². The number of nitrogens with zero attached hydrogens (tertiary/aromatic N) is 2. The van der Waals surface area contributed by atoms with Crippen LogP contribution in [0.3, 0.4) is 0 Å². The number of nitrogens with one attached hydrogen (secondary N) is 2. The Morgan fingerprint density at radius 1 is 0.750 bits per heavy atom. The van der Waals surface area contributed by atoms with Gasteiger partial charge >= 0.3 is 0 Å². The summed E-state index contributed by atoms with van der Waals surface area (Å²) in [6, 6.07) is 0. The molecule has 0 radical (unpaired) electrons. The molecule has 122 valence electrons. The van der Waals surface area contributed by atoms with Crippen LogP contribution in [0.2, 0.25) is 0 Å². The highest BCUT2D eigenvalue weighted by atomic mass is 15.2. The Bertz CT molecular complexity index is 191. The third kappa shape index (κ3) is 11.6. The lowest BCUT2D eigenvalue weighted by molar-refractivity contribution is 0.207. The van der Waals surface area contributed by atoms with Gasteiger partial charge in [0, 0.05) is 65.4 Å². The molecule has 6 heteroatoms. The van der Waals surface area contributed by atoms with Crippen LogP contribution >= 0.6 is 0 Å². The second-order valence-corrected chi connectivity index (χ2v) is 5.11. The largest absolute Gasteiger partial charge is 0.329 e. The van der Waals surface area contributed by atoms with Crippen molar-refractivity contribution in [2.24, 2.45) is 11.5 Å². The van der Waals surface area contributed by atoms with Crippen LogP contribution in [0.15, 0.2) is 0 Å². The van der Waals surface area contributed by atoms with Crippen molar-refractivity contribution >= 4 is 0 Å². The summed E-state index contributed by atoms with van der Waals surface area (Å²) in [4.78, 5) is 4.96. The summed E-state index contributed by atoms with van der Waals surface area (Å²) < 4.78 is 0. The molecule has 0 saturated heterocycles. The Balaban J connectivity index is 3.93. The molecule has 0 rings (SSSR count). The summed E-state index contributed by atoms with van der Waals surface area (Å²) in [5.41, 5.74) is 11.2. The van der Waals surface area contributed by atoms with Crippen LogP contribution in [-0.4, -0.2) is 88.8 Å². The van der Waals surface area contributed by atoms with Gasteiger partial charge in [-0.25, -0.2) is 0 Å². The molecule has 6 N–H and O–H groups in total. The maximum absolute atomic E-state index is 5.68. The summed E-state index contributed by atoms with van der Waals surface area (Å²) in [7, 11) is 1.99. The molecule has 0 heterocycles. The van der Waals surface area contributed by atoms with Gasteiger partial charge in [0.15, 0.2) is 0 Å². The van der Waals surface area contributed by atoms with E-state index in [1.54, 1.807) is 0 Å². The van der Waals surface area contributed by atoms with E-state index in [1.165, 1.54) is 6.42 Å². The first-order valence-electron chi connectivity index (χ1n) is 7.98. The maximum Gasteiger partial charge on any atom is 0.0110 e. The summed E-state index contributed by atoms with van der Waals surface area (Å²) in [6.45, 7) is 13.1. The van der Waals surface area contributed by atoms with E-state index < -0.39 is 0 Å². The van der Waals surface area contributed by atoms with Gasteiger partial charge in [-0.15, -0.1) is 0 Å². The van der Waals surface area contributed by atoms with Crippen LogP contribution in [0.4, 0.5) is 0 Å². The summed E-state index contributed by atoms with van der Waals surface area (Å²) in [5, 5.41) is 6.56. The molecule has 0 atom stereocenters. The van der Waals surface area contributed by atoms with Gasteiger partial charge < -0.3 is 27.0 Å². The van der Waals surface area contributed by atoms with Crippen molar-refractivity contribution in [3.8, 4) is 0 Å². The first-order valence-corrected chi connectivity index (χ1v) is 7.98. The van der Waals surface area contributed by atoms with E-state index in [0.717, 1.165) is 65.4 Å². The molecule has 0 aliphatic heterocycles. The van der Waals surface area contributed by atoms with Gasteiger partial charge in [0.25, 0.3) is 0 Å². The summed E-state index contributed by atoms with van der Waals surface area (Å²) in [6.07, 6.45) is 1.20. The van der Waals surface area contributed by atoms with Crippen LogP contribution < -0.4 is 22.1 Å². The third-order valence-corrected chi connectivity index (χ3v) is 3.32. The number of likely N-dealkylation sites (N-methyl/N-ethyl adjacent to an activating group) is 1. The standard InChI is InChI=1S/C14H36N6/c1-3-9-19(12-8-18-6-4-15)13-14-20(10-5-16)11-7-17-2/h17-18H,3-16H2,1-2H3. The number of hydrogen-bond donors (Lipinski definition) is 4. The van der Waals surface area contributed by atoms with Crippen molar-refractivity contribution in [3.05, 3.63) is 0 Å². The monoisotopic (exact) mass is 288 g/mol. The zero-order valence-corrected chi connectivity index (χ0v) is 13.5. The molecule has 0 aromatic rings. The van der Waals surface area contributed by atoms with Crippen LogP contribution in [0, 0.1) is 0 Å². The highest BCUT2D eigenvalue weighted by Crippen LogP contribution is 1.94. The molecule has 0 fully saturated rings. The van der Waals surface area contributed by atoms with Crippen LogP contribution in [0.1, 0.15) is 13.3 Å². The topological polar surface area (TPSA) is 82.6 Å². The highest BCUT2D eigenvalue weighted by molar-refractivity contribution is 4.66. The van der Waals surface area contributed by atoms with E-state index in [4.69, 9.17) is 11.5 Å². The second-order valence-electron chi connectivity index (χ2n) is 5.11. The van der Waals surface area contributed by atoms with Crippen LogP contribution in [0.25, 0.3) is 0 Å². The van der Waals surface area contributed by atoms with Crippen molar-refractivity contribution in [1.82, 2.24) is 20.4 Å². The maximum atomic E-state index is 5.68. The molecule has 6 nitrogen and oxygen atoms in total. The second kappa shape index (κ2) is 15.2. The molecule has 0 aliphatic rings. The number of hydrogen-bond acceptors (Lipinski definition) is 6. The van der Waals surface area contributed by atoms with Gasteiger partial charge in [0.1, 0.15) is 0 Å². The first kappa shape index (κ1) is 19.8. The van der Waals surface area contributed by atoms with Gasteiger partial charge in [0.05, 0.1) is 0 Å². The van der Waals surface area contributed by atoms with Crippen molar-refractivity contribution < 1.29 is 0 Å². The number of rotatable bonds is 15. The molecular weight excluding hydrogens is 252 g/mol. The lowest BCUT2D eigenvalue weighted by atomic mass is 10.3. The fourth-order valence-corrected chi connectivity index (χ4v) is 2.19. The average molecular weight is 288 g/mol. The van der Waals surface area contributed by atoms with Crippen molar-refractivity contribution in [1.29, 1.82) is 0 Å². The average Bonchev–Trinajstić information content (AvgIpc) is 2.46.